The summed E-state index contributed by atoms with van der Waals surface area (Å²) in [6, 6.07) is 0. The summed E-state index contributed by atoms with van der Waals surface area (Å²) in [7, 11) is 2.09. The molecule has 0 aromatic heterocycles. The lowest BCUT2D eigenvalue weighted by molar-refractivity contribution is -0.974. The molecule has 4 heteroatoms. The number of halogens is 1. The van der Waals surface area contributed by atoms with Crippen LogP contribution in [-0.2, 0) is 9.53 Å². The Kier molecular flexibility index (Phi) is 6.98. The van der Waals surface area contributed by atoms with Gasteiger partial charge in [-0.3, -0.25) is 4.48 Å². The van der Waals surface area contributed by atoms with Crippen LogP contribution < -0.4 is 12.4 Å². The number of carbonyl (C=O) groups excluding carboxylic acids is 1. The molecule has 0 aromatic rings. The molecule has 16 heavy (non-hydrogen) atoms. The molecule has 0 fully saturated rings. The van der Waals surface area contributed by atoms with Crippen LogP contribution in [0.3, 0.4) is 0 Å². The lowest BCUT2D eigenvalue weighted by atomic mass is 10.2. The van der Waals surface area contributed by atoms with Gasteiger partial charge < -0.3 is 17.1 Å². The predicted molar refractivity (Wildman–Crippen MR) is 62.3 cm³/mol. The third kappa shape index (κ3) is 3.80. The van der Waals surface area contributed by atoms with E-state index in [4.69, 9.17) is 4.74 Å². The Morgan fingerprint density at radius 3 is 1.94 bits per heavy atom. The van der Waals surface area contributed by atoms with Gasteiger partial charge in [-0.2, -0.15) is 0 Å². The topological polar surface area (TPSA) is 26.3 Å². The molecular formula is C12H24ClNO2. The fraction of sp³-hybridized carbons (Fsp3) is 0.750. The van der Waals surface area contributed by atoms with E-state index in [0.717, 1.165) is 13.1 Å². The number of carbonyl (C=O) groups is 1. The largest absolute Gasteiger partial charge is 1.00 e. The van der Waals surface area contributed by atoms with E-state index in [1.54, 1.807) is 6.92 Å². The number of hydrogen-bond donors (Lipinski definition) is 0. The van der Waals surface area contributed by atoms with Gasteiger partial charge in [-0.15, -0.1) is 0 Å². The zero-order valence-corrected chi connectivity index (χ0v) is 12.0. The van der Waals surface area contributed by atoms with Gasteiger partial charge in [0.2, 0.25) is 5.72 Å². The maximum atomic E-state index is 11.5. The number of ether oxygens (including phenoxy) is 1. The van der Waals surface area contributed by atoms with Gasteiger partial charge in [-0.05, 0) is 20.8 Å². The Hall–Kier alpha value is -0.540. The van der Waals surface area contributed by atoms with Crippen molar-refractivity contribution in [2.45, 2.75) is 40.3 Å². The van der Waals surface area contributed by atoms with Crippen molar-refractivity contribution >= 4 is 5.97 Å². The molecule has 0 radical (unpaired) electrons. The molecule has 0 N–H and O–H groups in total. The molecule has 0 rings (SSSR count). The molecule has 0 unspecified atom stereocenters. The van der Waals surface area contributed by atoms with Crippen LogP contribution >= 0.6 is 0 Å². The minimum absolute atomic E-state index is 0. The molecule has 96 valence electrons. The molecule has 0 atom stereocenters. The van der Waals surface area contributed by atoms with E-state index in [1.165, 1.54) is 0 Å². The van der Waals surface area contributed by atoms with Crippen molar-refractivity contribution in [3.63, 3.8) is 0 Å². The van der Waals surface area contributed by atoms with E-state index in [9.17, 15) is 4.79 Å². The summed E-state index contributed by atoms with van der Waals surface area (Å²) in [5.74, 6) is -0.314. The summed E-state index contributed by atoms with van der Waals surface area (Å²) in [6.45, 7) is 15.2. The number of nitrogens with zero attached hydrogens (tertiary/aromatic N) is 1. The Morgan fingerprint density at radius 2 is 1.69 bits per heavy atom. The molecule has 0 heterocycles. The first-order valence-corrected chi connectivity index (χ1v) is 5.43. The fourth-order valence-electron chi connectivity index (χ4n) is 1.41. The summed E-state index contributed by atoms with van der Waals surface area (Å²) >= 11 is 0. The third-order valence-electron chi connectivity index (χ3n) is 3.39. The van der Waals surface area contributed by atoms with Gasteiger partial charge in [0, 0.05) is 19.4 Å². The van der Waals surface area contributed by atoms with Gasteiger partial charge in [-0.1, -0.05) is 6.58 Å². The van der Waals surface area contributed by atoms with Crippen LogP contribution in [0.5, 0.6) is 0 Å². The minimum atomic E-state index is -0.514. The van der Waals surface area contributed by atoms with Crippen molar-refractivity contribution in [2.75, 3.05) is 20.1 Å². The van der Waals surface area contributed by atoms with Crippen molar-refractivity contribution in [1.29, 1.82) is 0 Å². The van der Waals surface area contributed by atoms with Crippen molar-refractivity contribution in [2.24, 2.45) is 0 Å². The monoisotopic (exact) mass is 249 g/mol. The highest BCUT2D eigenvalue weighted by Gasteiger charge is 2.41. The number of hydrogen-bond acceptors (Lipinski definition) is 2. The Labute approximate surface area is 105 Å². The zero-order chi connectivity index (χ0) is 12.3. The van der Waals surface area contributed by atoms with E-state index in [1.807, 2.05) is 13.8 Å². The molecule has 0 aliphatic carbocycles. The smallest absolute Gasteiger partial charge is 0.337 e. The summed E-state index contributed by atoms with van der Waals surface area (Å²) < 4.78 is 6.18. The molecule has 0 bridgehead atoms. The van der Waals surface area contributed by atoms with Crippen molar-refractivity contribution < 1.29 is 26.4 Å². The molecule has 0 saturated carbocycles. The molecule has 0 amide bonds. The van der Waals surface area contributed by atoms with Gasteiger partial charge in [0.05, 0.1) is 20.1 Å². The first kappa shape index (κ1) is 17.8. The zero-order valence-electron chi connectivity index (χ0n) is 11.3. The van der Waals surface area contributed by atoms with Crippen LogP contribution in [0.4, 0.5) is 0 Å². The van der Waals surface area contributed by atoms with Gasteiger partial charge in [-0.25, -0.2) is 4.79 Å². The van der Waals surface area contributed by atoms with E-state index >= 15 is 0 Å². The van der Waals surface area contributed by atoms with Crippen LogP contribution in [0, 0.1) is 0 Å². The molecule has 0 spiro atoms. The van der Waals surface area contributed by atoms with Crippen LogP contribution in [0.15, 0.2) is 12.2 Å². The van der Waals surface area contributed by atoms with E-state index in [2.05, 4.69) is 27.5 Å². The molecule has 0 aliphatic heterocycles. The molecule has 0 saturated heterocycles. The van der Waals surface area contributed by atoms with E-state index in [-0.39, 0.29) is 18.4 Å². The second-order valence-corrected chi connectivity index (χ2v) is 4.64. The highest BCUT2D eigenvalue weighted by Crippen LogP contribution is 2.24. The summed E-state index contributed by atoms with van der Waals surface area (Å²) in [5, 5.41) is 0. The first-order valence-electron chi connectivity index (χ1n) is 5.43. The highest BCUT2D eigenvalue weighted by atomic mass is 35.5. The van der Waals surface area contributed by atoms with Gasteiger partial charge in [0.1, 0.15) is 0 Å². The highest BCUT2D eigenvalue weighted by molar-refractivity contribution is 5.87. The second kappa shape index (κ2) is 6.26. The van der Waals surface area contributed by atoms with Gasteiger partial charge >= 0.3 is 5.97 Å². The molecule has 0 aliphatic rings. The van der Waals surface area contributed by atoms with E-state index < -0.39 is 5.72 Å². The normalized spacial score (nSPS) is 11.6. The fourth-order valence-corrected chi connectivity index (χ4v) is 1.41. The second-order valence-electron chi connectivity index (χ2n) is 4.64. The van der Waals surface area contributed by atoms with Crippen LogP contribution in [0.2, 0.25) is 0 Å². The molecule has 3 nitrogen and oxygen atoms in total. The summed E-state index contributed by atoms with van der Waals surface area (Å²) in [5.41, 5.74) is -0.0682. The Morgan fingerprint density at radius 1 is 1.31 bits per heavy atom. The maximum absolute atomic E-state index is 11.5. The Balaban J connectivity index is 0. The van der Waals surface area contributed by atoms with Crippen molar-refractivity contribution in [3.05, 3.63) is 12.2 Å². The lowest BCUT2D eigenvalue weighted by Gasteiger charge is -2.44. The predicted octanol–water partition coefficient (Wildman–Crippen LogP) is -0.668. The van der Waals surface area contributed by atoms with Crippen molar-refractivity contribution in [3.8, 4) is 0 Å². The summed E-state index contributed by atoms with van der Waals surface area (Å²) in [4.78, 5) is 11.5. The third-order valence-corrected chi connectivity index (χ3v) is 3.39. The number of esters is 1. The van der Waals surface area contributed by atoms with Gasteiger partial charge in [0.25, 0.3) is 0 Å². The van der Waals surface area contributed by atoms with Crippen LogP contribution in [-0.4, -0.2) is 36.3 Å². The maximum Gasteiger partial charge on any atom is 0.337 e. The standard InChI is InChI=1S/C12H24NO2.ClH/c1-8-13(7,9-2)12(5,6)15-11(14)10(3)4;/h3,8-9H2,1-2,4-7H3;1H/q+1;/p-1. The van der Waals surface area contributed by atoms with Crippen LogP contribution in [0.1, 0.15) is 34.6 Å². The molecule has 0 aromatic carbocycles. The van der Waals surface area contributed by atoms with Gasteiger partial charge in [0.15, 0.2) is 0 Å². The van der Waals surface area contributed by atoms with Crippen LogP contribution in [0.25, 0.3) is 0 Å². The number of quaternary nitrogens is 1. The average molecular weight is 250 g/mol. The summed E-state index contributed by atoms with van der Waals surface area (Å²) in [6.07, 6.45) is 0. The quantitative estimate of drug-likeness (QED) is 0.280. The SMILES string of the molecule is C=C(C)C(=O)OC(C)(C)[N+](C)(CC)CC.[Cl-]. The molecular weight excluding hydrogens is 226 g/mol. The average Bonchev–Trinajstić information content (AvgIpc) is 2.15. The minimum Gasteiger partial charge on any atom is -1.00 e. The van der Waals surface area contributed by atoms with Crippen molar-refractivity contribution in [1.82, 2.24) is 0 Å². The lowest BCUT2D eigenvalue weighted by Crippen LogP contribution is -3.00. The Bertz CT molecular complexity index is 258. The number of rotatable bonds is 5. The van der Waals surface area contributed by atoms with E-state index in [0.29, 0.717) is 10.1 Å². The first-order chi connectivity index (χ1) is 6.70.